The molecule has 0 saturated carbocycles. The van der Waals surface area contributed by atoms with Gasteiger partial charge in [0.1, 0.15) is 5.82 Å². The van der Waals surface area contributed by atoms with Crippen molar-refractivity contribution in [1.29, 1.82) is 0 Å². The monoisotopic (exact) mass is 364 g/mol. The number of amides is 1. The zero-order valence-electron chi connectivity index (χ0n) is 13.7. The third kappa shape index (κ3) is 3.56. The van der Waals surface area contributed by atoms with Crippen LogP contribution in [-0.2, 0) is 17.4 Å². The maximum atomic E-state index is 14.6. The molecule has 1 amide bonds. The molecule has 0 fully saturated rings. The fraction of sp³-hybridized carbons (Fsp3) is 0.211. The Hall–Kier alpha value is -2.83. The minimum Gasteiger partial charge on any atom is -0.378 e. The summed E-state index contributed by atoms with van der Waals surface area (Å²) >= 11 is 0. The molecule has 7 heteroatoms. The lowest BCUT2D eigenvalue weighted by atomic mass is 10.1. The Labute approximate surface area is 147 Å². The molecule has 1 unspecified atom stereocenters. The van der Waals surface area contributed by atoms with Crippen molar-refractivity contribution in [2.24, 2.45) is 0 Å². The van der Waals surface area contributed by atoms with E-state index in [-0.39, 0.29) is 11.7 Å². The Balaban J connectivity index is 1.78. The first-order valence-electron chi connectivity index (χ1n) is 7.98. The van der Waals surface area contributed by atoms with Crippen LogP contribution in [0.15, 0.2) is 49.1 Å². The molecule has 1 aliphatic rings. The van der Waals surface area contributed by atoms with Gasteiger partial charge in [0.15, 0.2) is 0 Å². The molecule has 3 nitrogen and oxygen atoms in total. The highest BCUT2D eigenvalue weighted by Gasteiger charge is 2.30. The Bertz CT molecular complexity index is 844. The van der Waals surface area contributed by atoms with Crippen LogP contribution in [0.5, 0.6) is 0 Å². The first kappa shape index (κ1) is 18.0. The number of carbonyl (C=O) groups is 1. The zero-order valence-corrected chi connectivity index (χ0v) is 13.7. The van der Waals surface area contributed by atoms with Gasteiger partial charge in [-0.1, -0.05) is 12.6 Å². The van der Waals surface area contributed by atoms with Crippen LogP contribution >= 0.6 is 0 Å². The van der Waals surface area contributed by atoms with Gasteiger partial charge in [0.25, 0.3) is 0 Å². The molecule has 0 aromatic heterocycles. The first-order valence-corrected chi connectivity index (χ1v) is 7.98. The minimum atomic E-state index is -4.38. The highest BCUT2D eigenvalue weighted by molar-refractivity contribution is 5.99. The Morgan fingerprint density at radius 2 is 1.85 bits per heavy atom. The van der Waals surface area contributed by atoms with Crippen LogP contribution in [-0.4, -0.2) is 5.91 Å². The molecular weight excluding hydrogens is 348 g/mol. The molecule has 0 aliphatic heterocycles. The maximum absolute atomic E-state index is 14.6. The second kappa shape index (κ2) is 6.82. The van der Waals surface area contributed by atoms with Gasteiger partial charge in [-0.2, -0.15) is 13.2 Å². The van der Waals surface area contributed by atoms with E-state index in [2.05, 4.69) is 17.2 Å². The van der Waals surface area contributed by atoms with Crippen molar-refractivity contribution in [3.63, 3.8) is 0 Å². The molecule has 26 heavy (non-hydrogen) atoms. The lowest BCUT2D eigenvalue weighted by Crippen LogP contribution is -2.11. The van der Waals surface area contributed by atoms with Crippen molar-refractivity contribution in [2.75, 3.05) is 10.6 Å². The second-order valence-corrected chi connectivity index (χ2v) is 6.00. The highest BCUT2D eigenvalue weighted by Crippen LogP contribution is 2.38. The third-order valence-electron chi connectivity index (χ3n) is 4.33. The fourth-order valence-corrected chi connectivity index (χ4v) is 3.05. The summed E-state index contributed by atoms with van der Waals surface area (Å²) in [5, 5.41) is 5.55. The number of carbonyl (C=O) groups excluding carboxylic acids is 1. The number of hydrogen-bond acceptors (Lipinski definition) is 2. The van der Waals surface area contributed by atoms with Crippen LogP contribution in [0.25, 0.3) is 0 Å². The number of rotatable bonds is 4. The van der Waals surface area contributed by atoms with Gasteiger partial charge in [0.05, 0.1) is 17.3 Å². The predicted octanol–water partition coefficient (Wildman–Crippen LogP) is 5.07. The van der Waals surface area contributed by atoms with Crippen molar-refractivity contribution in [2.45, 2.75) is 25.1 Å². The molecule has 3 rings (SSSR count). The van der Waals surface area contributed by atoms with Gasteiger partial charge < -0.3 is 10.6 Å². The number of hydrogen-bond donors (Lipinski definition) is 2. The smallest absolute Gasteiger partial charge is 0.378 e. The number of halogens is 4. The third-order valence-corrected chi connectivity index (χ3v) is 4.33. The summed E-state index contributed by atoms with van der Waals surface area (Å²) in [5.74, 6) is -0.990. The zero-order chi connectivity index (χ0) is 18.9. The number of alkyl halides is 3. The summed E-state index contributed by atoms with van der Waals surface area (Å²) in [5.41, 5.74) is 1.13. The summed E-state index contributed by atoms with van der Waals surface area (Å²) in [7, 11) is 0. The summed E-state index contributed by atoms with van der Waals surface area (Å²) in [6.45, 7) is 3.32. The average Bonchev–Trinajstić information content (AvgIpc) is 3.00. The summed E-state index contributed by atoms with van der Waals surface area (Å²) in [4.78, 5) is 11.3. The van der Waals surface area contributed by atoms with E-state index in [4.69, 9.17) is 0 Å². The van der Waals surface area contributed by atoms with E-state index in [1.54, 1.807) is 6.07 Å². The van der Waals surface area contributed by atoms with Crippen molar-refractivity contribution in [3.05, 3.63) is 71.6 Å². The lowest BCUT2D eigenvalue weighted by molar-refractivity contribution is -0.137. The lowest BCUT2D eigenvalue weighted by Gasteiger charge is -2.17. The van der Waals surface area contributed by atoms with Gasteiger partial charge in [-0.05, 0) is 60.4 Å². The standard InChI is InChI=1S/C19H16F4N2O/c1-2-17(26)25-16-10-7-13-14(18(16)20)8-9-15(13)24-12-5-3-11(4-6-12)19(21,22)23/h2-7,10,15,24H,1,8-9H2,(H,25,26). The predicted molar refractivity (Wildman–Crippen MR) is 91.4 cm³/mol. The van der Waals surface area contributed by atoms with Crippen LogP contribution in [0.4, 0.5) is 28.9 Å². The van der Waals surface area contributed by atoms with Crippen LogP contribution in [0.3, 0.4) is 0 Å². The van der Waals surface area contributed by atoms with Gasteiger partial charge in [0, 0.05) is 5.69 Å². The Morgan fingerprint density at radius 1 is 1.15 bits per heavy atom. The molecule has 0 spiro atoms. The van der Waals surface area contributed by atoms with E-state index in [0.717, 1.165) is 23.8 Å². The molecule has 0 bridgehead atoms. The summed E-state index contributed by atoms with van der Waals surface area (Å²) < 4.78 is 52.4. The van der Waals surface area contributed by atoms with Gasteiger partial charge in [-0.15, -0.1) is 0 Å². The topological polar surface area (TPSA) is 41.1 Å². The van der Waals surface area contributed by atoms with Gasteiger partial charge >= 0.3 is 6.18 Å². The molecular formula is C19H16F4N2O. The first-order chi connectivity index (χ1) is 12.3. The Morgan fingerprint density at radius 3 is 2.46 bits per heavy atom. The van der Waals surface area contributed by atoms with E-state index in [0.29, 0.717) is 24.1 Å². The van der Waals surface area contributed by atoms with Crippen LogP contribution in [0.2, 0.25) is 0 Å². The largest absolute Gasteiger partial charge is 0.416 e. The van der Waals surface area contributed by atoms with Gasteiger partial charge in [0.2, 0.25) is 5.91 Å². The van der Waals surface area contributed by atoms with Crippen molar-refractivity contribution in [3.8, 4) is 0 Å². The quantitative estimate of drug-likeness (QED) is 0.588. The number of anilines is 2. The van der Waals surface area contributed by atoms with E-state index in [1.165, 1.54) is 18.2 Å². The average molecular weight is 364 g/mol. The molecule has 0 heterocycles. The SMILES string of the molecule is C=CC(=O)Nc1ccc2c(c1F)CCC2Nc1ccc(C(F)(F)F)cc1. The number of benzene rings is 2. The van der Waals surface area contributed by atoms with Crippen molar-refractivity contribution < 1.29 is 22.4 Å². The van der Waals surface area contributed by atoms with Crippen LogP contribution < -0.4 is 10.6 Å². The van der Waals surface area contributed by atoms with Crippen molar-refractivity contribution >= 4 is 17.3 Å². The van der Waals surface area contributed by atoms with E-state index < -0.39 is 23.5 Å². The normalized spacial score (nSPS) is 16.1. The molecule has 0 radical (unpaired) electrons. The Kier molecular flexibility index (Phi) is 4.71. The fourth-order valence-electron chi connectivity index (χ4n) is 3.05. The minimum absolute atomic E-state index is 0.0869. The highest BCUT2D eigenvalue weighted by atomic mass is 19.4. The molecule has 1 atom stereocenters. The molecule has 2 aromatic carbocycles. The van der Waals surface area contributed by atoms with Crippen LogP contribution in [0.1, 0.15) is 29.2 Å². The molecule has 2 N–H and O–H groups in total. The van der Waals surface area contributed by atoms with E-state index in [9.17, 15) is 22.4 Å². The molecule has 1 aliphatic carbocycles. The van der Waals surface area contributed by atoms with Gasteiger partial charge in [-0.3, -0.25) is 4.79 Å². The summed E-state index contributed by atoms with van der Waals surface area (Å²) in [6, 6.07) is 7.71. The molecule has 0 saturated heterocycles. The van der Waals surface area contributed by atoms with Gasteiger partial charge in [-0.25, -0.2) is 4.39 Å². The van der Waals surface area contributed by atoms with Crippen LogP contribution in [0, 0.1) is 5.82 Å². The number of nitrogens with one attached hydrogen (secondary N) is 2. The molecule has 136 valence electrons. The van der Waals surface area contributed by atoms with E-state index >= 15 is 0 Å². The molecule has 2 aromatic rings. The van der Waals surface area contributed by atoms with E-state index in [1.807, 2.05) is 0 Å². The maximum Gasteiger partial charge on any atom is 0.416 e. The number of fused-ring (bicyclic) bond motifs is 1. The second-order valence-electron chi connectivity index (χ2n) is 6.00. The summed E-state index contributed by atoms with van der Waals surface area (Å²) in [6.07, 6.45) is -2.25. The van der Waals surface area contributed by atoms with Crippen molar-refractivity contribution in [1.82, 2.24) is 0 Å².